The van der Waals surface area contributed by atoms with Gasteiger partial charge >= 0.3 is 5.97 Å². The van der Waals surface area contributed by atoms with E-state index in [1.54, 1.807) is 6.92 Å². The van der Waals surface area contributed by atoms with Crippen LogP contribution in [-0.2, 0) is 19.6 Å². The van der Waals surface area contributed by atoms with Gasteiger partial charge in [0.15, 0.2) is 0 Å². The Balaban J connectivity index is 2.43. The molecule has 7 heteroatoms. The molecule has 1 rings (SSSR count). The molecule has 1 fully saturated rings. The van der Waals surface area contributed by atoms with Gasteiger partial charge in [-0.2, -0.15) is 0 Å². The molecule has 20 heavy (non-hydrogen) atoms. The van der Waals surface area contributed by atoms with Crippen molar-refractivity contribution in [3.8, 4) is 0 Å². The molecule has 0 bridgehead atoms. The molecule has 0 unspecified atom stereocenters. The fourth-order valence-corrected chi connectivity index (χ4v) is 3.58. The zero-order valence-electron chi connectivity index (χ0n) is 12.1. The molecule has 2 N–H and O–H groups in total. The number of hydrogen-bond acceptors (Lipinski definition) is 5. The second kappa shape index (κ2) is 7.95. The molecule has 0 amide bonds. The first-order valence-corrected chi connectivity index (χ1v) is 8.82. The monoisotopic (exact) mass is 307 g/mol. The number of carbonyl (C=O) groups is 1. The first-order valence-electron chi connectivity index (χ1n) is 7.17. The summed E-state index contributed by atoms with van der Waals surface area (Å²) in [7, 11) is -3.50. The molecule has 0 aromatic carbocycles. The molecule has 118 valence electrons. The quantitative estimate of drug-likeness (QED) is 0.647. The van der Waals surface area contributed by atoms with Crippen LogP contribution in [0.5, 0.6) is 0 Å². The molecule has 0 heterocycles. The average molecular weight is 307 g/mol. The third kappa shape index (κ3) is 5.76. The van der Waals surface area contributed by atoms with Crippen LogP contribution < -0.4 is 4.72 Å². The Kier molecular flexibility index (Phi) is 6.91. The molecule has 1 aliphatic carbocycles. The summed E-state index contributed by atoms with van der Waals surface area (Å²) < 4.78 is 30.9. The smallest absolute Gasteiger partial charge is 0.306 e. The van der Waals surface area contributed by atoms with Crippen LogP contribution in [0.4, 0.5) is 0 Å². The van der Waals surface area contributed by atoms with Gasteiger partial charge in [-0.25, -0.2) is 13.1 Å². The summed E-state index contributed by atoms with van der Waals surface area (Å²) in [6.07, 6.45) is 4.71. The minimum atomic E-state index is -3.50. The minimum absolute atomic E-state index is 0.00655. The van der Waals surface area contributed by atoms with Crippen molar-refractivity contribution < 1.29 is 23.1 Å². The molecule has 1 aliphatic rings. The molecule has 0 atom stereocenters. The predicted octanol–water partition coefficient (Wildman–Crippen LogP) is 0.802. The molecular weight excluding hydrogens is 282 g/mol. The highest BCUT2D eigenvalue weighted by Gasteiger charge is 2.32. The topological polar surface area (TPSA) is 92.7 Å². The largest absolute Gasteiger partial charge is 0.466 e. The number of aliphatic hydroxyl groups is 1. The third-order valence-electron chi connectivity index (χ3n) is 3.80. The van der Waals surface area contributed by atoms with Crippen molar-refractivity contribution in [1.29, 1.82) is 0 Å². The third-order valence-corrected chi connectivity index (χ3v) is 5.12. The van der Waals surface area contributed by atoms with Crippen molar-refractivity contribution in [1.82, 2.24) is 4.72 Å². The lowest BCUT2D eigenvalue weighted by Gasteiger charge is -2.35. The van der Waals surface area contributed by atoms with E-state index < -0.39 is 16.0 Å². The normalized spacial score (nSPS) is 18.7. The summed E-state index contributed by atoms with van der Waals surface area (Å²) in [6.45, 7) is 2.17. The lowest BCUT2D eigenvalue weighted by molar-refractivity contribution is -0.142. The van der Waals surface area contributed by atoms with Crippen LogP contribution in [0.15, 0.2) is 0 Å². The molecule has 6 nitrogen and oxygen atoms in total. The Bertz CT molecular complexity index is 401. The summed E-state index contributed by atoms with van der Waals surface area (Å²) in [5, 5.41) is 9.52. The number of rotatable bonds is 8. The van der Waals surface area contributed by atoms with E-state index in [0.29, 0.717) is 0 Å². The molecule has 0 saturated heterocycles. The lowest BCUT2D eigenvalue weighted by Crippen LogP contribution is -2.42. The SMILES string of the molecule is CCOC(=O)CCS(=O)(=O)NCC1(CO)CCCCC1. The van der Waals surface area contributed by atoms with E-state index in [2.05, 4.69) is 4.72 Å². The standard InChI is InChI=1S/C13H25NO5S/c1-2-19-12(16)6-9-20(17,18)14-10-13(11-15)7-4-3-5-8-13/h14-15H,2-11H2,1H3. The number of ether oxygens (including phenoxy) is 1. The van der Waals surface area contributed by atoms with Crippen LogP contribution >= 0.6 is 0 Å². The molecule has 0 aromatic heterocycles. The zero-order chi connectivity index (χ0) is 15.1. The number of carbonyl (C=O) groups excluding carboxylic acids is 1. The Hall–Kier alpha value is -0.660. The Morgan fingerprint density at radius 1 is 1.30 bits per heavy atom. The van der Waals surface area contributed by atoms with Crippen LogP contribution in [0.3, 0.4) is 0 Å². The Morgan fingerprint density at radius 3 is 2.50 bits per heavy atom. The average Bonchev–Trinajstić information content (AvgIpc) is 2.45. The van der Waals surface area contributed by atoms with E-state index in [9.17, 15) is 18.3 Å². The van der Waals surface area contributed by atoms with Crippen molar-refractivity contribution in [2.75, 3.05) is 25.5 Å². The molecule has 1 saturated carbocycles. The number of esters is 1. The number of nitrogens with one attached hydrogen (secondary N) is 1. The lowest BCUT2D eigenvalue weighted by atomic mass is 9.75. The summed E-state index contributed by atoms with van der Waals surface area (Å²) in [5.41, 5.74) is -0.338. The van der Waals surface area contributed by atoms with Crippen LogP contribution in [0.2, 0.25) is 0 Å². The maximum Gasteiger partial charge on any atom is 0.306 e. The van der Waals surface area contributed by atoms with Gasteiger partial charge in [-0.05, 0) is 19.8 Å². The van der Waals surface area contributed by atoms with Gasteiger partial charge in [0.1, 0.15) is 0 Å². The second-order valence-electron chi connectivity index (χ2n) is 5.41. The van der Waals surface area contributed by atoms with Gasteiger partial charge in [0.2, 0.25) is 10.0 Å². The highest BCUT2D eigenvalue weighted by Crippen LogP contribution is 2.35. The number of sulfonamides is 1. The van der Waals surface area contributed by atoms with Crippen molar-refractivity contribution in [3.05, 3.63) is 0 Å². The minimum Gasteiger partial charge on any atom is -0.466 e. The van der Waals surface area contributed by atoms with Gasteiger partial charge in [0.05, 0.1) is 18.8 Å². The van der Waals surface area contributed by atoms with Crippen LogP contribution in [0, 0.1) is 5.41 Å². The van der Waals surface area contributed by atoms with Crippen LogP contribution in [0.25, 0.3) is 0 Å². The van der Waals surface area contributed by atoms with E-state index in [1.807, 2.05) is 0 Å². The van der Waals surface area contributed by atoms with Gasteiger partial charge in [-0.1, -0.05) is 19.3 Å². The highest BCUT2D eigenvalue weighted by molar-refractivity contribution is 7.89. The fourth-order valence-electron chi connectivity index (χ4n) is 2.48. The first kappa shape index (κ1) is 17.4. The molecule has 0 aromatic rings. The van der Waals surface area contributed by atoms with E-state index in [-0.39, 0.29) is 37.3 Å². The van der Waals surface area contributed by atoms with Crippen molar-refractivity contribution in [2.45, 2.75) is 45.4 Å². The van der Waals surface area contributed by atoms with Crippen molar-refractivity contribution in [3.63, 3.8) is 0 Å². The number of hydrogen-bond donors (Lipinski definition) is 2. The van der Waals surface area contributed by atoms with E-state index in [0.717, 1.165) is 32.1 Å². The maximum atomic E-state index is 11.8. The Morgan fingerprint density at radius 2 is 1.95 bits per heavy atom. The fraction of sp³-hybridized carbons (Fsp3) is 0.923. The summed E-state index contributed by atoms with van der Waals surface area (Å²) in [6, 6.07) is 0. The summed E-state index contributed by atoms with van der Waals surface area (Å²) in [4.78, 5) is 11.2. The van der Waals surface area contributed by atoms with E-state index in [1.165, 1.54) is 0 Å². The molecule has 0 spiro atoms. The zero-order valence-corrected chi connectivity index (χ0v) is 12.9. The van der Waals surface area contributed by atoms with Gasteiger partial charge in [-0.3, -0.25) is 4.79 Å². The summed E-state index contributed by atoms with van der Waals surface area (Å²) >= 11 is 0. The second-order valence-corrected chi connectivity index (χ2v) is 7.34. The van der Waals surface area contributed by atoms with Crippen molar-refractivity contribution >= 4 is 16.0 Å². The maximum absolute atomic E-state index is 11.8. The number of aliphatic hydroxyl groups excluding tert-OH is 1. The van der Waals surface area contributed by atoms with Crippen LogP contribution in [0.1, 0.15) is 45.4 Å². The van der Waals surface area contributed by atoms with Gasteiger partial charge in [-0.15, -0.1) is 0 Å². The van der Waals surface area contributed by atoms with Crippen LogP contribution in [-0.4, -0.2) is 45.0 Å². The Labute approximate surface area is 120 Å². The highest BCUT2D eigenvalue weighted by atomic mass is 32.2. The van der Waals surface area contributed by atoms with Gasteiger partial charge < -0.3 is 9.84 Å². The van der Waals surface area contributed by atoms with Gasteiger partial charge in [0.25, 0.3) is 0 Å². The summed E-state index contributed by atoms with van der Waals surface area (Å²) in [5.74, 6) is -0.778. The molecule has 0 aliphatic heterocycles. The van der Waals surface area contributed by atoms with E-state index >= 15 is 0 Å². The van der Waals surface area contributed by atoms with Gasteiger partial charge in [0, 0.05) is 18.6 Å². The van der Waals surface area contributed by atoms with Crippen molar-refractivity contribution in [2.24, 2.45) is 5.41 Å². The first-order chi connectivity index (χ1) is 9.43. The molecule has 0 radical (unpaired) electrons. The predicted molar refractivity (Wildman–Crippen MR) is 75.6 cm³/mol. The van der Waals surface area contributed by atoms with E-state index in [4.69, 9.17) is 4.74 Å². The molecular formula is C13H25NO5S.